The zero-order chi connectivity index (χ0) is 13.6. The van der Waals surface area contributed by atoms with E-state index in [1.165, 1.54) is 4.88 Å². The van der Waals surface area contributed by atoms with Crippen LogP contribution < -0.4 is 11.1 Å². The van der Waals surface area contributed by atoms with Crippen molar-refractivity contribution in [3.63, 3.8) is 0 Å². The van der Waals surface area contributed by atoms with Gasteiger partial charge in [-0.05, 0) is 30.3 Å². The number of thiophene rings is 1. The molecule has 0 aliphatic carbocycles. The molecule has 1 unspecified atom stereocenters. The zero-order valence-corrected chi connectivity index (χ0v) is 12.3. The molecule has 0 saturated heterocycles. The van der Waals surface area contributed by atoms with Gasteiger partial charge in [0.2, 0.25) is 5.91 Å². The maximum absolute atomic E-state index is 11.7. The van der Waals surface area contributed by atoms with E-state index in [4.69, 9.17) is 5.73 Å². The maximum Gasteiger partial charge on any atom is 0.220 e. The molecule has 0 aliphatic heterocycles. The summed E-state index contributed by atoms with van der Waals surface area (Å²) in [6.45, 7) is 7.71. The van der Waals surface area contributed by atoms with Crippen molar-refractivity contribution in [3.05, 3.63) is 22.4 Å². The highest BCUT2D eigenvalue weighted by atomic mass is 32.1. The Labute approximate surface area is 114 Å². The lowest BCUT2D eigenvalue weighted by atomic mass is 9.91. The topological polar surface area (TPSA) is 55.1 Å². The van der Waals surface area contributed by atoms with Gasteiger partial charge in [-0.2, -0.15) is 0 Å². The first-order valence-electron chi connectivity index (χ1n) is 6.46. The number of rotatable bonds is 7. The van der Waals surface area contributed by atoms with E-state index in [1.54, 1.807) is 11.3 Å². The van der Waals surface area contributed by atoms with Crippen molar-refractivity contribution in [1.29, 1.82) is 0 Å². The van der Waals surface area contributed by atoms with Crippen molar-refractivity contribution >= 4 is 17.2 Å². The fourth-order valence-corrected chi connectivity index (χ4v) is 2.51. The smallest absolute Gasteiger partial charge is 0.220 e. The zero-order valence-electron chi connectivity index (χ0n) is 11.5. The number of amides is 1. The first-order chi connectivity index (χ1) is 8.45. The molecular formula is C14H24N2OS. The highest BCUT2D eigenvalue weighted by molar-refractivity contribution is 7.10. The van der Waals surface area contributed by atoms with Crippen LogP contribution in [-0.4, -0.2) is 19.0 Å². The first kappa shape index (κ1) is 15.2. The molecule has 0 aromatic carbocycles. The monoisotopic (exact) mass is 268 g/mol. The van der Waals surface area contributed by atoms with Crippen LogP contribution in [-0.2, 0) is 10.2 Å². The van der Waals surface area contributed by atoms with Crippen LogP contribution >= 0.6 is 11.3 Å². The minimum Gasteiger partial charge on any atom is -0.355 e. The summed E-state index contributed by atoms with van der Waals surface area (Å²) in [7, 11) is 0. The van der Waals surface area contributed by atoms with Gasteiger partial charge in [0.1, 0.15) is 0 Å². The van der Waals surface area contributed by atoms with E-state index >= 15 is 0 Å². The van der Waals surface area contributed by atoms with E-state index in [0.29, 0.717) is 25.4 Å². The highest BCUT2D eigenvalue weighted by Gasteiger charge is 2.22. The normalized spacial score (nSPS) is 13.3. The molecule has 1 rings (SSSR count). The van der Waals surface area contributed by atoms with Crippen molar-refractivity contribution in [2.75, 3.05) is 13.1 Å². The van der Waals surface area contributed by atoms with Crippen molar-refractivity contribution in [3.8, 4) is 0 Å². The molecule has 0 radical (unpaired) electrons. The molecule has 1 atom stereocenters. The largest absolute Gasteiger partial charge is 0.355 e. The van der Waals surface area contributed by atoms with Crippen LogP contribution in [0.15, 0.2) is 17.5 Å². The van der Waals surface area contributed by atoms with Gasteiger partial charge in [-0.3, -0.25) is 4.79 Å². The van der Waals surface area contributed by atoms with Gasteiger partial charge in [-0.15, -0.1) is 11.3 Å². The Bertz CT molecular complexity index is 360. The molecule has 3 N–H and O–H groups in total. The molecule has 0 fully saturated rings. The molecule has 102 valence electrons. The van der Waals surface area contributed by atoms with Gasteiger partial charge >= 0.3 is 0 Å². The van der Waals surface area contributed by atoms with E-state index in [9.17, 15) is 4.79 Å². The van der Waals surface area contributed by atoms with E-state index < -0.39 is 0 Å². The minimum atomic E-state index is 0.00328. The average Bonchev–Trinajstić information content (AvgIpc) is 2.88. The fraction of sp³-hybridized carbons (Fsp3) is 0.643. The Balaban J connectivity index is 2.34. The van der Waals surface area contributed by atoms with Gasteiger partial charge in [-0.1, -0.05) is 26.8 Å². The molecule has 0 bridgehead atoms. The Kier molecular flexibility index (Phi) is 5.82. The minimum absolute atomic E-state index is 0.00328. The molecule has 1 aromatic rings. The van der Waals surface area contributed by atoms with E-state index in [1.807, 2.05) is 6.07 Å². The second-order valence-corrected chi connectivity index (χ2v) is 6.47. The Morgan fingerprint density at radius 3 is 2.83 bits per heavy atom. The van der Waals surface area contributed by atoms with Crippen molar-refractivity contribution in [2.45, 2.75) is 39.0 Å². The first-order valence-corrected chi connectivity index (χ1v) is 7.34. The standard InChI is InChI=1S/C14H24N2OS/c1-11(9-15)6-7-13(17)16-10-14(2,3)12-5-4-8-18-12/h4-5,8,11H,6-7,9-10,15H2,1-3H3,(H,16,17). The predicted molar refractivity (Wildman–Crippen MR) is 77.8 cm³/mol. The Morgan fingerprint density at radius 2 is 2.28 bits per heavy atom. The van der Waals surface area contributed by atoms with Crippen LogP contribution in [0.4, 0.5) is 0 Å². The van der Waals surface area contributed by atoms with Gasteiger partial charge < -0.3 is 11.1 Å². The quantitative estimate of drug-likeness (QED) is 0.798. The molecule has 0 aliphatic rings. The molecule has 1 amide bonds. The highest BCUT2D eigenvalue weighted by Crippen LogP contribution is 2.26. The SMILES string of the molecule is CC(CN)CCC(=O)NCC(C)(C)c1cccs1. The lowest BCUT2D eigenvalue weighted by Gasteiger charge is -2.23. The number of hydrogen-bond donors (Lipinski definition) is 2. The third-order valence-electron chi connectivity index (χ3n) is 3.18. The van der Waals surface area contributed by atoms with Crippen molar-refractivity contribution < 1.29 is 4.79 Å². The number of carbonyl (C=O) groups excluding carboxylic acids is 1. The number of carbonyl (C=O) groups is 1. The Hall–Kier alpha value is -0.870. The fourth-order valence-electron chi connectivity index (χ4n) is 1.65. The predicted octanol–water partition coefficient (Wildman–Crippen LogP) is 2.52. The summed E-state index contributed by atoms with van der Waals surface area (Å²) in [6.07, 6.45) is 1.43. The summed E-state index contributed by atoms with van der Waals surface area (Å²) >= 11 is 1.74. The molecule has 4 heteroatoms. The van der Waals surface area contributed by atoms with Gasteiger partial charge in [-0.25, -0.2) is 0 Å². The summed E-state index contributed by atoms with van der Waals surface area (Å²) in [5, 5.41) is 5.09. The number of nitrogens with two attached hydrogens (primary N) is 1. The van der Waals surface area contributed by atoms with Gasteiger partial charge in [0, 0.05) is 23.3 Å². The van der Waals surface area contributed by atoms with Crippen LogP contribution in [0.1, 0.15) is 38.5 Å². The molecule has 18 heavy (non-hydrogen) atoms. The molecule has 0 saturated carbocycles. The summed E-state index contributed by atoms with van der Waals surface area (Å²) in [4.78, 5) is 13.0. The molecule has 3 nitrogen and oxygen atoms in total. The van der Waals surface area contributed by atoms with E-state index in [-0.39, 0.29) is 11.3 Å². The molecular weight excluding hydrogens is 244 g/mol. The number of nitrogens with one attached hydrogen (secondary N) is 1. The van der Waals surface area contributed by atoms with Crippen LogP contribution in [0.25, 0.3) is 0 Å². The van der Waals surface area contributed by atoms with Crippen LogP contribution in [0.3, 0.4) is 0 Å². The van der Waals surface area contributed by atoms with Crippen molar-refractivity contribution in [1.82, 2.24) is 5.32 Å². The summed E-state index contributed by atoms with van der Waals surface area (Å²) in [6, 6.07) is 4.17. The van der Waals surface area contributed by atoms with Crippen LogP contribution in [0, 0.1) is 5.92 Å². The second kappa shape index (κ2) is 6.90. The summed E-state index contributed by atoms with van der Waals surface area (Å²) in [5.41, 5.74) is 5.54. The third kappa shape index (κ3) is 4.78. The summed E-state index contributed by atoms with van der Waals surface area (Å²) in [5.74, 6) is 0.543. The lowest BCUT2D eigenvalue weighted by Crippen LogP contribution is -2.36. The van der Waals surface area contributed by atoms with Gasteiger partial charge in [0.05, 0.1) is 0 Å². The van der Waals surface area contributed by atoms with E-state index in [0.717, 1.165) is 6.42 Å². The van der Waals surface area contributed by atoms with Crippen molar-refractivity contribution in [2.24, 2.45) is 11.7 Å². The van der Waals surface area contributed by atoms with Gasteiger partial charge in [0.15, 0.2) is 0 Å². The van der Waals surface area contributed by atoms with Crippen LogP contribution in [0.2, 0.25) is 0 Å². The van der Waals surface area contributed by atoms with Gasteiger partial charge in [0.25, 0.3) is 0 Å². The molecule has 1 aromatic heterocycles. The van der Waals surface area contributed by atoms with Crippen LogP contribution in [0.5, 0.6) is 0 Å². The van der Waals surface area contributed by atoms with E-state index in [2.05, 4.69) is 37.5 Å². The molecule has 0 spiro atoms. The average molecular weight is 268 g/mol. The molecule has 1 heterocycles. The third-order valence-corrected chi connectivity index (χ3v) is 4.42. The number of hydrogen-bond acceptors (Lipinski definition) is 3. The Morgan fingerprint density at radius 1 is 1.56 bits per heavy atom. The maximum atomic E-state index is 11.7. The lowest BCUT2D eigenvalue weighted by molar-refractivity contribution is -0.121. The second-order valence-electron chi connectivity index (χ2n) is 5.52. The summed E-state index contributed by atoms with van der Waals surface area (Å²) < 4.78 is 0.